The number of benzene rings is 1. The summed E-state index contributed by atoms with van der Waals surface area (Å²) in [4.78, 5) is 0. The lowest BCUT2D eigenvalue weighted by Gasteiger charge is -2.12. The molecule has 1 aromatic carbocycles. The van der Waals surface area contributed by atoms with Crippen LogP contribution in [0.2, 0.25) is 0 Å². The molecular formula is C16H23NO. The van der Waals surface area contributed by atoms with Crippen LogP contribution in [0, 0.1) is 6.92 Å². The van der Waals surface area contributed by atoms with Crippen LogP contribution in [-0.4, -0.2) is 6.54 Å². The summed E-state index contributed by atoms with van der Waals surface area (Å²) in [5.74, 6) is 1.08. The third kappa shape index (κ3) is 2.75. The van der Waals surface area contributed by atoms with E-state index in [9.17, 15) is 0 Å². The second-order valence-electron chi connectivity index (χ2n) is 4.97. The number of para-hydroxylation sites is 1. The van der Waals surface area contributed by atoms with Crippen molar-refractivity contribution < 1.29 is 4.42 Å². The lowest BCUT2D eigenvalue weighted by atomic mass is 10.1. The fourth-order valence-corrected chi connectivity index (χ4v) is 2.39. The topological polar surface area (TPSA) is 25.2 Å². The van der Waals surface area contributed by atoms with Crippen LogP contribution in [0.15, 0.2) is 28.7 Å². The molecule has 0 saturated carbocycles. The highest BCUT2D eigenvalue weighted by molar-refractivity contribution is 5.82. The molecule has 2 aromatic rings. The first-order chi connectivity index (χ1) is 8.74. The van der Waals surface area contributed by atoms with Gasteiger partial charge in [-0.1, -0.05) is 38.0 Å². The highest BCUT2D eigenvalue weighted by Gasteiger charge is 2.15. The van der Waals surface area contributed by atoms with Crippen molar-refractivity contribution >= 4 is 11.0 Å². The normalized spacial score (nSPS) is 13.1. The summed E-state index contributed by atoms with van der Waals surface area (Å²) in [5, 5.41) is 4.77. The van der Waals surface area contributed by atoms with Gasteiger partial charge in [0.05, 0.1) is 6.04 Å². The smallest absolute Gasteiger partial charge is 0.134 e. The molecule has 0 aliphatic carbocycles. The van der Waals surface area contributed by atoms with Crippen LogP contribution in [0.25, 0.3) is 11.0 Å². The molecule has 2 heteroatoms. The van der Waals surface area contributed by atoms with Gasteiger partial charge in [-0.05, 0) is 38.4 Å². The number of hydrogen-bond acceptors (Lipinski definition) is 2. The minimum absolute atomic E-state index is 0.286. The average Bonchev–Trinajstić information content (AvgIpc) is 2.73. The molecule has 0 aliphatic heterocycles. The molecule has 1 aromatic heterocycles. The number of fused-ring (bicyclic) bond motifs is 1. The largest absolute Gasteiger partial charge is 0.459 e. The predicted molar refractivity (Wildman–Crippen MR) is 76.9 cm³/mol. The van der Waals surface area contributed by atoms with Crippen LogP contribution in [0.1, 0.15) is 50.5 Å². The Balaban J connectivity index is 2.08. The van der Waals surface area contributed by atoms with Gasteiger partial charge in [-0.3, -0.25) is 0 Å². The fourth-order valence-electron chi connectivity index (χ4n) is 2.39. The number of unbranched alkanes of at least 4 members (excludes halogenated alkanes) is 2. The summed E-state index contributed by atoms with van der Waals surface area (Å²) in [6.45, 7) is 7.61. The molecule has 0 amide bonds. The van der Waals surface area contributed by atoms with E-state index in [1.165, 1.54) is 30.2 Å². The van der Waals surface area contributed by atoms with Crippen molar-refractivity contribution in [2.75, 3.05) is 6.54 Å². The monoisotopic (exact) mass is 245 g/mol. The number of hydrogen-bond donors (Lipinski definition) is 1. The molecule has 0 saturated heterocycles. The Morgan fingerprint density at radius 2 is 2.00 bits per heavy atom. The molecule has 0 radical (unpaired) electrons. The number of nitrogens with one attached hydrogen (secondary N) is 1. The second-order valence-corrected chi connectivity index (χ2v) is 4.97. The summed E-state index contributed by atoms with van der Waals surface area (Å²) in [6, 6.07) is 8.54. The first-order valence-corrected chi connectivity index (χ1v) is 6.95. The fraction of sp³-hybridized carbons (Fsp3) is 0.500. The van der Waals surface area contributed by atoms with E-state index in [-0.39, 0.29) is 6.04 Å². The van der Waals surface area contributed by atoms with Gasteiger partial charge < -0.3 is 9.73 Å². The second kappa shape index (κ2) is 6.05. The van der Waals surface area contributed by atoms with Gasteiger partial charge in [-0.2, -0.15) is 0 Å². The molecule has 0 fully saturated rings. The molecule has 1 N–H and O–H groups in total. The molecule has 0 bridgehead atoms. The molecule has 18 heavy (non-hydrogen) atoms. The van der Waals surface area contributed by atoms with Crippen molar-refractivity contribution in [3.8, 4) is 0 Å². The van der Waals surface area contributed by atoms with Gasteiger partial charge >= 0.3 is 0 Å². The molecule has 0 aliphatic rings. The van der Waals surface area contributed by atoms with E-state index in [1.54, 1.807) is 0 Å². The van der Waals surface area contributed by atoms with Crippen LogP contribution < -0.4 is 5.32 Å². The molecular weight excluding hydrogens is 222 g/mol. The van der Waals surface area contributed by atoms with E-state index in [4.69, 9.17) is 4.42 Å². The minimum atomic E-state index is 0.286. The highest BCUT2D eigenvalue weighted by atomic mass is 16.3. The Morgan fingerprint density at radius 1 is 1.22 bits per heavy atom. The average molecular weight is 245 g/mol. The SMILES string of the molecule is CCCCCNC(C)c1oc2ccccc2c1C. The standard InChI is InChI=1S/C16H23NO/c1-4-5-8-11-17-13(3)16-12(2)14-9-6-7-10-15(14)18-16/h6-7,9-10,13,17H,4-5,8,11H2,1-3H3. The third-order valence-corrected chi connectivity index (χ3v) is 3.50. The Kier molecular flexibility index (Phi) is 4.43. The predicted octanol–water partition coefficient (Wildman–Crippen LogP) is 4.58. The van der Waals surface area contributed by atoms with Crippen molar-refractivity contribution in [2.24, 2.45) is 0 Å². The van der Waals surface area contributed by atoms with Gasteiger partial charge in [-0.15, -0.1) is 0 Å². The number of rotatable bonds is 6. The summed E-state index contributed by atoms with van der Waals surface area (Å²) in [5.41, 5.74) is 2.26. The van der Waals surface area contributed by atoms with Crippen molar-refractivity contribution in [1.29, 1.82) is 0 Å². The zero-order valence-electron chi connectivity index (χ0n) is 11.6. The maximum atomic E-state index is 5.96. The molecule has 1 atom stereocenters. The minimum Gasteiger partial charge on any atom is -0.459 e. The van der Waals surface area contributed by atoms with E-state index in [1.807, 2.05) is 12.1 Å². The van der Waals surface area contributed by atoms with E-state index in [0.29, 0.717) is 0 Å². The van der Waals surface area contributed by atoms with Crippen LogP contribution in [-0.2, 0) is 0 Å². The number of furan rings is 1. The zero-order chi connectivity index (χ0) is 13.0. The summed E-state index contributed by atoms with van der Waals surface area (Å²) in [6.07, 6.45) is 3.79. The Morgan fingerprint density at radius 3 is 2.72 bits per heavy atom. The summed E-state index contributed by atoms with van der Waals surface area (Å²) >= 11 is 0. The van der Waals surface area contributed by atoms with Crippen LogP contribution in [0.3, 0.4) is 0 Å². The number of aryl methyl sites for hydroxylation is 1. The Bertz CT molecular complexity index is 501. The quantitative estimate of drug-likeness (QED) is 0.753. The lowest BCUT2D eigenvalue weighted by molar-refractivity contribution is 0.442. The van der Waals surface area contributed by atoms with Crippen molar-refractivity contribution in [1.82, 2.24) is 5.32 Å². The Labute approximate surface area is 109 Å². The Hall–Kier alpha value is -1.28. The lowest BCUT2D eigenvalue weighted by Crippen LogP contribution is -2.19. The van der Waals surface area contributed by atoms with Gasteiger partial charge in [0.2, 0.25) is 0 Å². The van der Waals surface area contributed by atoms with Gasteiger partial charge in [-0.25, -0.2) is 0 Å². The first-order valence-electron chi connectivity index (χ1n) is 6.95. The molecule has 0 spiro atoms. The maximum Gasteiger partial charge on any atom is 0.134 e. The molecule has 2 nitrogen and oxygen atoms in total. The zero-order valence-corrected chi connectivity index (χ0v) is 11.6. The van der Waals surface area contributed by atoms with Crippen molar-refractivity contribution in [3.63, 3.8) is 0 Å². The van der Waals surface area contributed by atoms with Crippen molar-refractivity contribution in [2.45, 2.75) is 46.1 Å². The van der Waals surface area contributed by atoms with Gasteiger partial charge in [0.15, 0.2) is 0 Å². The van der Waals surface area contributed by atoms with Crippen molar-refractivity contribution in [3.05, 3.63) is 35.6 Å². The molecule has 1 unspecified atom stereocenters. The van der Waals surface area contributed by atoms with Crippen LogP contribution >= 0.6 is 0 Å². The van der Waals surface area contributed by atoms with Crippen LogP contribution in [0.4, 0.5) is 0 Å². The maximum absolute atomic E-state index is 5.96. The first kappa shape index (κ1) is 13.2. The van der Waals surface area contributed by atoms with E-state index in [2.05, 4.69) is 38.2 Å². The van der Waals surface area contributed by atoms with E-state index in [0.717, 1.165) is 17.9 Å². The molecule has 1 heterocycles. The van der Waals surface area contributed by atoms with Crippen LogP contribution in [0.5, 0.6) is 0 Å². The van der Waals surface area contributed by atoms with E-state index >= 15 is 0 Å². The third-order valence-electron chi connectivity index (χ3n) is 3.50. The molecule has 2 rings (SSSR count). The van der Waals surface area contributed by atoms with Gasteiger partial charge in [0.1, 0.15) is 11.3 Å². The molecule has 98 valence electrons. The highest BCUT2D eigenvalue weighted by Crippen LogP contribution is 2.28. The summed E-state index contributed by atoms with van der Waals surface area (Å²) < 4.78 is 5.96. The van der Waals surface area contributed by atoms with Gasteiger partial charge in [0.25, 0.3) is 0 Å². The summed E-state index contributed by atoms with van der Waals surface area (Å²) in [7, 11) is 0. The van der Waals surface area contributed by atoms with E-state index < -0.39 is 0 Å². The van der Waals surface area contributed by atoms with Gasteiger partial charge in [0, 0.05) is 5.39 Å².